The van der Waals surface area contributed by atoms with Gasteiger partial charge in [0.25, 0.3) is 0 Å². The molecule has 128 valence electrons. The molecule has 0 amide bonds. The van der Waals surface area contributed by atoms with E-state index in [-0.39, 0.29) is 18.0 Å². The first kappa shape index (κ1) is 21.5. The van der Waals surface area contributed by atoms with Crippen LogP contribution in [0.1, 0.15) is 13.3 Å². The Balaban J connectivity index is 4.73. The van der Waals surface area contributed by atoms with Crippen LogP contribution in [0, 0.1) is 0 Å². The number of ketones is 2. The largest absolute Gasteiger partial charge is 0.305 e. The number of quaternary nitrogens is 1. The summed E-state index contributed by atoms with van der Waals surface area (Å²) >= 11 is 0. The van der Waals surface area contributed by atoms with Crippen molar-refractivity contribution in [3.63, 3.8) is 0 Å². The monoisotopic (exact) mass is 326 g/mol. The zero-order valence-electron chi connectivity index (χ0n) is 15.2. The molecule has 24 heavy (non-hydrogen) atoms. The average molecular weight is 326 g/mol. The Morgan fingerprint density at radius 1 is 0.875 bits per heavy atom. The van der Waals surface area contributed by atoms with Crippen LogP contribution in [0.4, 0.5) is 0 Å². The van der Waals surface area contributed by atoms with Crippen molar-refractivity contribution in [2.24, 2.45) is 0 Å². The first-order valence-electron chi connectivity index (χ1n) is 7.75. The topological polar surface area (TPSA) is 34.1 Å². The molecule has 0 bridgehead atoms. The fourth-order valence-corrected chi connectivity index (χ4v) is 1.55. The normalized spacial score (nSPS) is 13.8. The second-order valence-electron chi connectivity index (χ2n) is 6.10. The molecule has 0 aromatic carbocycles. The second-order valence-corrected chi connectivity index (χ2v) is 6.10. The van der Waals surface area contributed by atoms with Crippen molar-refractivity contribution < 1.29 is 14.1 Å². The van der Waals surface area contributed by atoms with Crippen LogP contribution in [0.2, 0.25) is 0 Å². The van der Waals surface area contributed by atoms with Crippen molar-refractivity contribution in [3.05, 3.63) is 85.2 Å². The molecular formula is C21H28NO2+. The van der Waals surface area contributed by atoms with Gasteiger partial charge in [0, 0.05) is 0 Å². The Morgan fingerprint density at radius 3 is 1.83 bits per heavy atom. The van der Waals surface area contributed by atoms with E-state index in [9.17, 15) is 9.59 Å². The Bertz CT molecular complexity index is 621. The minimum Gasteiger partial charge on any atom is -0.305 e. The van der Waals surface area contributed by atoms with Gasteiger partial charge >= 0.3 is 0 Å². The van der Waals surface area contributed by atoms with E-state index in [1.54, 1.807) is 30.4 Å². The Labute approximate surface area is 146 Å². The summed E-state index contributed by atoms with van der Waals surface area (Å²) in [5.74, 6) is -0.471. The van der Waals surface area contributed by atoms with Crippen LogP contribution in [0.25, 0.3) is 0 Å². The lowest BCUT2D eigenvalue weighted by molar-refractivity contribution is -0.817. The number of carbonyl (C=O) groups is 2. The summed E-state index contributed by atoms with van der Waals surface area (Å²) in [5, 5.41) is 0. The van der Waals surface area contributed by atoms with Gasteiger partial charge in [0.1, 0.15) is 0 Å². The molecule has 0 fully saturated rings. The molecule has 0 atom stereocenters. The maximum atomic E-state index is 11.9. The SMILES string of the molecule is C=C/C=C(C=C)/C=C/C(=O)CC(=O)/C=C/C(/C=C\[N+](C)(C)C)=C/C. The molecule has 0 aromatic rings. The first-order valence-corrected chi connectivity index (χ1v) is 7.75. The predicted octanol–water partition coefficient (Wildman–Crippen LogP) is 4.09. The summed E-state index contributed by atoms with van der Waals surface area (Å²) in [6.45, 7) is 9.13. The molecule has 0 spiro atoms. The summed E-state index contributed by atoms with van der Waals surface area (Å²) in [5.41, 5.74) is 1.69. The molecule has 0 N–H and O–H groups in total. The van der Waals surface area contributed by atoms with Crippen molar-refractivity contribution in [2.45, 2.75) is 13.3 Å². The Morgan fingerprint density at radius 2 is 1.42 bits per heavy atom. The maximum absolute atomic E-state index is 11.9. The van der Waals surface area contributed by atoms with Gasteiger partial charge < -0.3 is 4.48 Å². The fraction of sp³-hybridized carbons (Fsp3) is 0.238. The summed E-state index contributed by atoms with van der Waals surface area (Å²) in [6, 6.07) is 0. The van der Waals surface area contributed by atoms with E-state index in [0.29, 0.717) is 4.48 Å². The van der Waals surface area contributed by atoms with Gasteiger partial charge in [-0.1, -0.05) is 49.6 Å². The second kappa shape index (κ2) is 11.1. The van der Waals surface area contributed by atoms with Crippen molar-refractivity contribution in [3.8, 4) is 0 Å². The summed E-state index contributed by atoms with van der Waals surface area (Å²) < 4.78 is 0.687. The van der Waals surface area contributed by atoms with Gasteiger partial charge in [0.05, 0.1) is 33.8 Å². The van der Waals surface area contributed by atoms with Crippen LogP contribution in [-0.4, -0.2) is 37.2 Å². The van der Waals surface area contributed by atoms with Crippen LogP contribution in [0.15, 0.2) is 85.2 Å². The molecule has 3 heteroatoms. The standard InChI is InChI=1S/C21H28NO2/c1-7-10-18(8-2)11-13-20(23)17-21(24)14-12-19(9-3)15-16-22(4,5)6/h7-16H,1-2,17H2,3-6H3/q+1/b13-11+,14-12+,16-15-,18-10+,19-9-. The van der Waals surface area contributed by atoms with Crippen LogP contribution in [0.3, 0.4) is 0 Å². The average Bonchev–Trinajstić information content (AvgIpc) is 2.50. The quantitative estimate of drug-likeness (QED) is 0.262. The molecule has 0 radical (unpaired) electrons. The molecular weight excluding hydrogens is 298 g/mol. The zero-order valence-corrected chi connectivity index (χ0v) is 15.2. The van der Waals surface area contributed by atoms with Gasteiger partial charge in [0.15, 0.2) is 11.6 Å². The number of allylic oxidation sites excluding steroid dienone is 11. The van der Waals surface area contributed by atoms with Crippen molar-refractivity contribution in [1.82, 2.24) is 0 Å². The highest BCUT2D eigenvalue weighted by Gasteiger charge is 2.04. The van der Waals surface area contributed by atoms with E-state index in [1.807, 2.05) is 46.4 Å². The highest BCUT2D eigenvalue weighted by molar-refractivity contribution is 6.08. The third-order valence-corrected chi connectivity index (χ3v) is 2.87. The Kier molecular flexibility index (Phi) is 9.92. The number of rotatable bonds is 10. The molecule has 0 heterocycles. The number of hydrogen-bond donors (Lipinski definition) is 0. The summed E-state index contributed by atoms with van der Waals surface area (Å²) in [7, 11) is 6.13. The third-order valence-electron chi connectivity index (χ3n) is 2.87. The van der Waals surface area contributed by atoms with Gasteiger partial charge in [-0.3, -0.25) is 9.59 Å². The third kappa shape index (κ3) is 11.1. The number of nitrogens with zero attached hydrogens (tertiary/aromatic N) is 1. The van der Waals surface area contributed by atoms with Gasteiger partial charge in [0.2, 0.25) is 0 Å². The van der Waals surface area contributed by atoms with Gasteiger partial charge in [-0.15, -0.1) is 0 Å². The molecule has 3 nitrogen and oxygen atoms in total. The van der Waals surface area contributed by atoms with Crippen LogP contribution >= 0.6 is 0 Å². The predicted molar refractivity (Wildman–Crippen MR) is 102 cm³/mol. The molecule has 0 unspecified atom stereocenters. The molecule has 0 rings (SSSR count). The highest BCUT2D eigenvalue weighted by atomic mass is 16.1. The summed E-state index contributed by atoms with van der Waals surface area (Å²) in [4.78, 5) is 23.7. The van der Waals surface area contributed by atoms with E-state index >= 15 is 0 Å². The first-order chi connectivity index (χ1) is 11.2. The van der Waals surface area contributed by atoms with Gasteiger partial charge in [-0.25, -0.2) is 0 Å². The smallest absolute Gasteiger partial charge is 0.163 e. The molecule has 0 saturated heterocycles. The lowest BCUT2D eigenvalue weighted by atomic mass is 10.1. The van der Waals surface area contributed by atoms with Crippen molar-refractivity contribution >= 4 is 11.6 Å². The molecule has 0 saturated carbocycles. The number of hydrogen-bond acceptors (Lipinski definition) is 2. The van der Waals surface area contributed by atoms with E-state index < -0.39 is 0 Å². The van der Waals surface area contributed by atoms with E-state index in [1.165, 1.54) is 12.2 Å². The maximum Gasteiger partial charge on any atom is 0.163 e. The van der Waals surface area contributed by atoms with Crippen molar-refractivity contribution in [2.75, 3.05) is 21.1 Å². The van der Waals surface area contributed by atoms with E-state index in [2.05, 4.69) is 13.2 Å². The number of carbonyl (C=O) groups excluding carboxylic acids is 2. The zero-order chi connectivity index (χ0) is 18.6. The minimum atomic E-state index is -0.245. The van der Waals surface area contributed by atoms with Crippen molar-refractivity contribution in [1.29, 1.82) is 0 Å². The molecule has 0 aromatic heterocycles. The minimum absolute atomic E-state index is 0.151. The van der Waals surface area contributed by atoms with Crippen LogP contribution in [0.5, 0.6) is 0 Å². The molecule has 0 aliphatic carbocycles. The fourth-order valence-electron chi connectivity index (χ4n) is 1.55. The van der Waals surface area contributed by atoms with E-state index in [0.717, 1.165) is 11.1 Å². The Hall–Kier alpha value is -2.52. The van der Waals surface area contributed by atoms with Crippen LogP contribution < -0.4 is 0 Å². The van der Waals surface area contributed by atoms with E-state index in [4.69, 9.17) is 0 Å². The molecule has 0 aliphatic heterocycles. The van der Waals surface area contributed by atoms with Gasteiger partial charge in [-0.2, -0.15) is 0 Å². The van der Waals surface area contributed by atoms with Gasteiger partial charge in [-0.05, 0) is 36.3 Å². The summed E-state index contributed by atoms with van der Waals surface area (Å²) in [6.07, 6.45) is 16.8. The lowest BCUT2D eigenvalue weighted by Gasteiger charge is -2.17. The molecule has 0 aliphatic rings. The lowest BCUT2D eigenvalue weighted by Crippen LogP contribution is -2.26. The van der Waals surface area contributed by atoms with Crippen LogP contribution in [-0.2, 0) is 9.59 Å². The highest BCUT2D eigenvalue weighted by Crippen LogP contribution is 2.04.